The summed E-state index contributed by atoms with van der Waals surface area (Å²) in [5.41, 5.74) is -0.262. The van der Waals surface area contributed by atoms with Crippen molar-refractivity contribution < 1.29 is 23.1 Å². The van der Waals surface area contributed by atoms with E-state index < -0.39 is 15.8 Å². The minimum absolute atomic E-state index is 0.0462. The molecule has 0 heterocycles. The van der Waals surface area contributed by atoms with Gasteiger partial charge in [-0.25, -0.2) is 13.2 Å². The molecular formula is C12H15ClO5S2. The second-order valence-corrected chi connectivity index (χ2v) is 7.71. The highest BCUT2D eigenvalue weighted by atomic mass is 35.5. The monoisotopic (exact) mass is 338 g/mol. The van der Waals surface area contributed by atoms with Gasteiger partial charge in [-0.15, -0.1) is 0 Å². The summed E-state index contributed by atoms with van der Waals surface area (Å²) in [6, 6.07) is 2.39. The minimum Gasteiger partial charge on any atom is -0.494 e. The zero-order valence-electron chi connectivity index (χ0n) is 11.1. The molecule has 1 N–H and O–H groups in total. The lowest BCUT2D eigenvalue weighted by atomic mass is 10.2. The van der Waals surface area contributed by atoms with Crippen LogP contribution in [0.2, 0.25) is 5.02 Å². The second kappa shape index (κ2) is 7.19. The van der Waals surface area contributed by atoms with Crippen molar-refractivity contribution in [3.8, 4) is 5.75 Å². The van der Waals surface area contributed by atoms with E-state index in [1.807, 2.05) is 6.92 Å². The van der Waals surface area contributed by atoms with Crippen LogP contribution in [0.4, 0.5) is 0 Å². The molecule has 0 spiro atoms. The standard InChI is InChI=1S/C12H15ClO5S2/c1-3-19-4-5-20(16,17)10-7-8(13)6-9(12(14)15)11(10)18-2/h6-7H,3-5H2,1-2H3,(H,14,15). The van der Waals surface area contributed by atoms with Crippen molar-refractivity contribution in [2.75, 3.05) is 24.4 Å². The number of aromatic carboxylic acids is 1. The number of carbonyl (C=O) groups is 1. The van der Waals surface area contributed by atoms with E-state index in [-0.39, 0.29) is 27.0 Å². The summed E-state index contributed by atoms with van der Waals surface area (Å²) in [7, 11) is -2.42. The van der Waals surface area contributed by atoms with Crippen LogP contribution in [-0.4, -0.2) is 43.9 Å². The third-order valence-corrected chi connectivity index (χ3v) is 5.58. The van der Waals surface area contributed by atoms with Crippen molar-refractivity contribution in [1.29, 1.82) is 0 Å². The Kier molecular flexibility index (Phi) is 6.16. The number of benzene rings is 1. The Labute approximate surface area is 127 Å². The predicted molar refractivity (Wildman–Crippen MR) is 80.0 cm³/mol. The lowest BCUT2D eigenvalue weighted by Gasteiger charge is -2.12. The summed E-state index contributed by atoms with van der Waals surface area (Å²) in [5.74, 6) is -0.326. The number of methoxy groups -OCH3 is 1. The van der Waals surface area contributed by atoms with Crippen LogP contribution in [-0.2, 0) is 9.84 Å². The maximum Gasteiger partial charge on any atom is 0.339 e. The topological polar surface area (TPSA) is 80.7 Å². The van der Waals surface area contributed by atoms with E-state index >= 15 is 0 Å². The average Bonchev–Trinajstić information content (AvgIpc) is 2.37. The van der Waals surface area contributed by atoms with E-state index in [1.54, 1.807) is 0 Å². The minimum atomic E-state index is -3.65. The summed E-state index contributed by atoms with van der Waals surface area (Å²) < 4.78 is 29.5. The molecule has 0 aliphatic carbocycles. The molecule has 8 heteroatoms. The molecule has 0 saturated heterocycles. The summed E-state index contributed by atoms with van der Waals surface area (Å²) in [5, 5.41) is 9.13. The third-order valence-electron chi connectivity index (χ3n) is 2.49. The van der Waals surface area contributed by atoms with E-state index in [0.717, 1.165) is 5.75 Å². The molecule has 112 valence electrons. The molecule has 0 bridgehead atoms. The number of thioether (sulfide) groups is 1. The number of carboxylic acids is 1. The lowest BCUT2D eigenvalue weighted by Crippen LogP contribution is -2.13. The predicted octanol–water partition coefficient (Wildman–Crippen LogP) is 2.57. The van der Waals surface area contributed by atoms with Crippen LogP contribution in [0.1, 0.15) is 17.3 Å². The summed E-state index contributed by atoms with van der Waals surface area (Å²) in [6.45, 7) is 1.93. The SMILES string of the molecule is CCSCCS(=O)(=O)c1cc(Cl)cc(C(=O)O)c1OC. The highest BCUT2D eigenvalue weighted by Gasteiger charge is 2.25. The Morgan fingerprint density at radius 3 is 2.60 bits per heavy atom. The van der Waals surface area contributed by atoms with Crippen LogP contribution < -0.4 is 4.74 Å². The van der Waals surface area contributed by atoms with E-state index in [0.29, 0.717) is 5.75 Å². The first-order chi connectivity index (χ1) is 9.33. The molecule has 20 heavy (non-hydrogen) atoms. The number of sulfone groups is 1. The molecule has 0 fully saturated rings. The Bertz CT molecular complexity index is 598. The molecule has 0 aliphatic rings. The fourth-order valence-electron chi connectivity index (χ4n) is 1.59. The van der Waals surface area contributed by atoms with Crippen molar-refractivity contribution in [3.05, 3.63) is 22.7 Å². The molecular weight excluding hydrogens is 324 g/mol. The Balaban J connectivity index is 3.33. The molecule has 0 radical (unpaired) electrons. The lowest BCUT2D eigenvalue weighted by molar-refractivity contribution is 0.0693. The van der Waals surface area contributed by atoms with Crippen molar-refractivity contribution in [3.63, 3.8) is 0 Å². The van der Waals surface area contributed by atoms with Gasteiger partial charge in [0, 0.05) is 10.8 Å². The van der Waals surface area contributed by atoms with Crippen LogP contribution in [0.3, 0.4) is 0 Å². The van der Waals surface area contributed by atoms with E-state index in [2.05, 4.69) is 0 Å². The fourth-order valence-corrected chi connectivity index (χ4v) is 4.51. The van der Waals surface area contributed by atoms with E-state index in [4.69, 9.17) is 21.4 Å². The van der Waals surface area contributed by atoms with Crippen molar-refractivity contribution in [2.24, 2.45) is 0 Å². The quantitative estimate of drug-likeness (QED) is 0.769. The number of carboxylic acid groups (broad SMARTS) is 1. The number of hydrogen-bond donors (Lipinski definition) is 1. The number of ether oxygens (including phenoxy) is 1. The summed E-state index contributed by atoms with van der Waals surface area (Å²) in [4.78, 5) is 11.0. The first kappa shape index (κ1) is 17.1. The smallest absolute Gasteiger partial charge is 0.339 e. The Morgan fingerprint density at radius 2 is 2.10 bits per heavy atom. The largest absolute Gasteiger partial charge is 0.494 e. The molecule has 1 aromatic rings. The molecule has 0 saturated carbocycles. The fraction of sp³-hybridized carbons (Fsp3) is 0.417. The van der Waals surface area contributed by atoms with Crippen molar-refractivity contribution in [2.45, 2.75) is 11.8 Å². The van der Waals surface area contributed by atoms with Gasteiger partial charge in [-0.3, -0.25) is 0 Å². The molecule has 0 amide bonds. The zero-order chi connectivity index (χ0) is 15.3. The molecule has 1 rings (SSSR count). The van der Waals surface area contributed by atoms with E-state index in [1.165, 1.54) is 31.0 Å². The van der Waals surface area contributed by atoms with Gasteiger partial charge in [0.25, 0.3) is 0 Å². The Morgan fingerprint density at radius 1 is 1.45 bits per heavy atom. The highest BCUT2D eigenvalue weighted by molar-refractivity contribution is 8.00. The van der Waals surface area contributed by atoms with Gasteiger partial charge in [-0.2, -0.15) is 11.8 Å². The van der Waals surface area contributed by atoms with Gasteiger partial charge in [0.05, 0.1) is 12.9 Å². The zero-order valence-corrected chi connectivity index (χ0v) is 13.4. The normalized spacial score (nSPS) is 11.3. The molecule has 1 aromatic carbocycles. The van der Waals surface area contributed by atoms with Crippen LogP contribution in [0, 0.1) is 0 Å². The Hall–Kier alpha value is -0.920. The highest BCUT2D eigenvalue weighted by Crippen LogP contribution is 2.32. The molecule has 0 aromatic heterocycles. The first-order valence-corrected chi connectivity index (χ1v) is 8.93. The average molecular weight is 339 g/mol. The maximum absolute atomic E-state index is 12.3. The number of halogens is 1. The van der Waals surface area contributed by atoms with Crippen LogP contribution in [0.15, 0.2) is 17.0 Å². The number of rotatable bonds is 7. The van der Waals surface area contributed by atoms with Gasteiger partial charge in [-0.05, 0) is 17.9 Å². The summed E-state index contributed by atoms with van der Waals surface area (Å²) >= 11 is 7.29. The van der Waals surface area contributed by atoms with Crippen molar-refractivity contribution in [1.82, 2.24) is 0 Å². The van der Waals surface area contributed by atoms with Gasteiger partial charge in [0.1, 0.15) is 10.5 Å². The van der Waals surface area contributed by atoms with Gasteiger partial charge >= 0.3 is 5.97 Å². The third kappa shape index (κ3) is 4.04. The first-order valence-electron chi connectivity index (χ1n) is 5.74. The van der Waals surface area contributed by atoms with Gasteiger partial charge < -0.3 is 9.84 Å². The van der Waals surface area contributed by atoms with Crippen LogP contribution in [0.5, 0.6) is 5.75 Å². The molecule has 0 atom stereocenters. The maximum atomic E-state index is 12.3. The second-order valence-electron chi connectivity index (χ2n) is 3.81. The van der Waals surface area contributed by atoms with Gasteiger partial charge in [0.2, 0.25) is 0 Å². The van der Waals surface area contributed by atoms with E-state index in [9.17, 15) is 13.2 Å². The molecule has 5 nitrogen and oxygen atoms in total. The van der Waals surface area contributed by atoms with Crippen LogP contribution in [0.25, 0.3) is 0 Å². The van der Waals surface area contributed by atoms with Gasteiger partial charge in [0.15, 0.2) is 15.6 Å². The number of hydrogen-bond acceptors (Lipinski definition) is 5. The van der Waals surface area contributed by atoms with Crippen LogP contribution >= 0.6 is 23.4 Å². The van der Waals surface area contributed by atoms with Gasteiger partial charge in [-0.1, -0.05) is 18.5 Å². The molecule has 0 aliphatic heterocycles. The summed E-state index contributed by atoms with van der Waals surface area (Å²) in [6.07, 6.45) is 0. The molecule has 0 unspecified atom stereocenters. The van der Waals surface area contributed by atoms with Crippen molar-refractivity contribution >= 4 is 39.2 Å².